The van der Waals surface area contributed by atoms with Crippen molar-refractivity contribution in [2.45, 2.75) is 13.5 Å². The Balaban J connectivity index is 1.78. The molecule has 0 spiro atoms. The lowest BCUT2D eigenvalue weighted by molar-refractivity contribution is -0.385. The van der Waals surface area contributed by atoms with Gasteiger partial charge in [-0.2, -0.15) is 13.9 Å². The Morgan fingerprint density at radius 1 is 1.36 bits per heavy atom. The molecule has 0 aliphatic rings. The number of aryl methyl sites for hydroxylation is 2. The van der Waals surface area contributed by atoms with Gasteiger partial charge in [0.1, 0.15) is 11.4 Å². The van der Waals surface area contributed by atoms with E-state index in [1.54, 1.807) is 17.5 Å². The fraction of sp³-hybridized carbons (Fsp3) is 0.188. The van der Waals surface area contributed by atoms with Crippen molar-refractivity contribution in [3.63, 3.8) is 0 Å². The van der Waals surface area contributed by atoms with Gasteiger partial charge in [-0.05, 0) is 31.2 Å². The normalized spacial score (nSPS) is 10.9. The van der Waals surface area contributed by atoms with Crippen LogP contribution in [0.15, 0.2) is 29.6 Å². The summed E-state index contributed by atoms with van der Waals surface area (Å²) in [7, 11) is 1.44. The van der Waals surface area contributed by atoms with Crippen LogP contribution < -0.4 is 10.1 Å². The third-order valence-corrected chi connectivity index (χ3v) is 4.45. The molecule has 1 aromatic carbocycles. The zero-order chi connectivity index (χ0) is 20.4. The third kappa shape index (κ3) is 3.96. The van der Waals surface area contributed by atoms with Crippen molar-refractivity contribution < 1.29 is 23.2 Å². The molecule has 0 bridgehead atoms. The Kier molecular flexibility index (Phi) is 5.31. The number of hydrogen-bond acceptors (Lipinski definition) is 7. The fourth-order valence-electron chi connectivity index (χ4n) is 2.55. The second kappa shape index (κ2) is 7.68. The molecule has 28 heavy (non-hydrogen) atoms. The Morgan fingerprint density at radius 2 is 2.04 bits per heavy atom. The van der Waals surface area contributed by atoms with Crippen LogP contribution in [-0.2, 0) is 7.05 Å². The average molecular weight is 409 g/mol. The zero-order valence-electron chi connectivity index (χ0n) is 14.6. The molecule has 12 heteroatoms. The Bertz CT molecular complexity index is 1030. The monoisotopic (exact) mass is 409 g/mol. The molecule has 0 aliphatic carbocycles. The van der Waals surface area contributed by atoms with E-state index in [0.717, 1.165) is 16.0 Å². The molecule has 9 nitrogen and oxygen atoms in total. The van der Waals surface area contributed by atoms with Gasteiger partial charge in [0.15, 0.2) is 5.13 Å². The molecule has 0 saturated heterocycles. The first kappa shape index (κ1) is 19.4. The predicted molar refractivity (Wildman–Crippen MR) is 96.7 cm³/mol. The zero-order valence-corrected chi connectivity index (χ0v) is 15.4. The van der Waals surface area contributed by atoms with E-state index in [1.165, 1.54) is 26.1 Å². The van der Waals surface area contributed by atoms with E-state index in [4.69, 9.17) is 0 Å². The molecule has 0 fully saturated rings. The molecule has 3 aromatic rings. The number of nitrogens with zero attached hydrogens (tertiary/aromatic N) is 4. The van der Waals surface area contributed by atoms with Crippen LogP contribution in [0.4, 0.5) is 19.6 Å². The molecule has 0 aliphatic heterocycles. The molecule has 0 atom stereocenters. The van der Waals surface area contributed by atoms with Crippen molar-refractivity contribution in [2.24, 2.45) is 7.05 Å². The number of carbonyl (C=O) groups excluding carboxylic acids is 1. The number of anilines is 1. The van der Waals surface area contributed by atoms with Crippen molar-refractivity contribution >= 4 is 28.1 Å². The number of amides is 1. The van der Waals surface area contributed by atoms with E-state index in [9.17, 15) is 23.7 Å². The highest BCUT2D eigenvalue weighted by Crippen LogP contribution is 2.28. The molecule has 3 rings (SSSR count). The standard InChI is InChI=1S/C16H13F2N5O4S/c1-8-12(23(25)26)13(22(2)21-8)14(24)20-16-19-11(7-28-16)9-3-5-10(6-4-9)27-15(17)18/h3-7,15H,1-2H3,(H,19,20,24). The van der Waals surface area contributed by atoms with Gasteiger partial charge in [-0.25, -0.2) is 4.98 Å². The minimum Gasteiger partial charge on any atom is -0.435 e. The quantitative estimate of drug-likeness (QED) is 0.492. The van der Waals surface area contributed by atoms with Crippen LogP contribution in [0.3, 0.4) is 0 Å². The molecule has 2 heterocycles. The van der Waals surface area contributed by atoms with Gasteiger partial charge in [-0.15, -0.1) is 11.3 Å². The number of thiazole rings is 1. The number of rotatable bonds is 6. The lowest BCUT2D eigenvalue weighted by atomic mass is 10.2. The van der Waals surface area contributed by atoms with E-state index < -0.39 is 17.4 Å². The van der Waals surface area contributed by atoms with Gasteiger partial charge in [0.05, 0.1) is 10.6 Å². The lowest BCUT2D eigenvalue weighted by Crippen LogP contribution is -2.17. The highest BCUT2D eigenvalue weighted by atomic mass is 32.1. The number of benzene rings is 1. The van der Waals surface area contributed by atoms with Crippen molar-refractivity contribution in [3.8, 4) is 17.0 Å². The smallest absolute Gasteiger partial charge is 0.387 e. The summed E-state index contributed by atoms with van der Waals surface area (Å²) >= 11 is 1.12. The van der Waals surface area contributed by atoms with Gasteiger partial charge in [0.25, 0.3) is 5.91 Å². The topological polar surface area (TPSA) is 112 Å². The summed E-state index contributed by atoms with van der Waals surface area (Å²) in [5.74, 6) is -0.697. The molecular formula is C16H13F2N5O4S. The van der Waals surface area contributed by atoms with E-state index >= 15 is 0 Å². The summed E-state index contributed by atoms with van der Waals surface area (Å²) in [5, 5.41) is 19.5. The second-order valence-electron chi connectivity index (χ2n) is 5.56. The van der Waals surface area contributed by atoms with Gasteiger partial charge < -0.3 is 4.74 Å². The highest BCUT2D eigenvalue weighted by Gasteiger charge is 2.29. The maximum Gasteiger partial charge on any atom is 0.387 e. The van der Waals surface area contributed by atoms with Crippen molar-refractivity contribution in [3.05, 3.63) is 51.1 Å². The van der Waals surface area contributed by atoms with Crippen LogP contribution in [0.1, 0.15) is 16.2 Å². The first-order valence-electron chi connectivity index (χ1n) is 7.76. The Labute approximate surface area is 160 Å². The third-order valence-electron chi connectivity index (χ3n) is 3.69. The van der Waals surface area contributed by atoms with Crippen LogP contribution in [0.25, 0.3) is 11.3 Å². The number of nitrogens with one attached hydrogen (secondary N) is 1. The minimum atomic E-state index is -2.91. The van der Waals surface area contributed by atoms with Crippen molar-refractivity contribution in [1.82, 2.24) is 14.8 Å². The van der Waals surface area contributed by atoms with Gasteiger partial charge in [0.2, 0.25) is 5.69 Å². The maximum atomic E-state index is 12.5. The molecule has 146 valence electrons. The fourth-order valence-corrected chi connectivity index (χ4v) is 3.26. The summed E-state index contributed by atoms with van der Waals surface area (Å²) in [4.78, 5) is 27.3. The number of carbonyl (C=O) groups is 1. The first-order chi connectivity index (χ1) is 13.3. The van der Waals surface area contributed by atoms with E-state index in [1.807, 2.05) is 0 Å². The Hall–Kier alpha value is -3.41. The van der Waals surface area contributed by atoms with E-state index in [-0.39, 0.29) is 28.0 Å². The van der Waals surface area contributed by atoms with Gasteiger partial charge in [0, 0.05) is 18.0 Å². The minimum absolute atomic E-state index is 0.0152. The number of alkyl halides is 2. The summed E-state index contributed by atoms with van der Waals surface area (Å²) in [5.41, 5.74) is 0.697. The SMILES string of the molecule is Cc1nn(C)c(C(=O)Nc2nc(-c3ccc(OC(F)F)cc3)cs2)c1[N+](=O)[O-]. The number of hydrogen-bond donors (Lipinski definition) is 1. The Morgan fingerprint density at radius 3 is 2.64 bits per heavy atom. The first-order valence-corrected chi connectivity index (χ1v) is 8.64. The van der Waals surface area contributed by atoms with Gasteiger partial charge in [-0.3, -0.25) is 24.9 Å². The van der Waals surface area contributed by atoms with Crippen LogP contribution in [-0.4, -0.2) is 32.2 Å². The lowest BCUT2D eigenvalue weighted by Gasteiger charge is -2.04. The molecule has 0 unspecified atom stereocenters. The molecule has 0 radical (unpaired) electrons. The largest absolute Gasteiger partial charge is 0.435 e. The summed E-state index contributed by atoms with van der Waals surface area (Å²) in [6.07, 6.45) is 0. The molecular weight excluding hydrogens is 396 g/mol. The summed E-state index contributed by atoms with van der Waals surface area (Å²) in [6, 6.07) is 5.85. The van der Waals surface area contributed by atoms with Crippen LogP contribution >= 0.6 is 11.3 Å². The molecule has 2 aromatic heterocycles. The average Bonchev–Trinajstić information content (AvgIpc) is 3.18. The maximum absolute atomic E-state index is 12.5. The van der Waals surface area contributed by atoms with Crippen molar-refractivity contribution in [1.29, 1.82) is 0 Å². The molecule has 1 N–H and O–H groups in total. The summed E-state index contributed by atoms with van der Waals surface area (Å²) in [6.45, 7) is -1.47. The van der Waals surface area contributed by atoms with Gasteiger partial charge in [-0.1, -0.05) is 0 Å². The number of halogens is 2. The highest BCUT2D eigenvalue weighted by molar-refractivity contribution is 7.14. The molecule has 1 amide bonds. The van der Waals surface area contributed by atoms with E-state index in [2.05, 4.69) is 20.1 Å². The van der Waals surface area contributed by atoms with Crippen LogP contribution in [0.5, 0.6) is 5.75 Å². The predicted octanol–water partition coefficient (Wildman–Crippen LogP) is 3.61. The number of aromatic nitrogens is 3. The number of nitro groups is 1. The molecule has 0 saturated carbocycles. The second-order valence-corrected chi connectivity index (χ2v) is 6.42. The van der Waals surface area contributed by atoms with Crippen molar-refractivity contribution in [2.75, 3.05) is 5.32 Å². The van der Waals surface area contributed by atoms with Crippen LogP contribution in [0, 0.1) is 17.0 Å². The summed E-state index contributed by atoms with van der Waals surface area (Å²) < 4.78 is 29.8. The number of ether oxygens (including phenoxy) is 1. The van der Waals surface area contributed by atoms with Crippen LogP contribution in [0.2, 0.25) is 0 Å². The van der Waals surface area contributed by atoms with Gasteiger partial charge >= 0.3 is 12.3 Å². The van der Waals surface area contributed by atoms with E-state index in [0.29, 0.717) is 11.3 Å².